The highest BCUT2D eigenvalue weighted by atomic mass is 16.3. The maximum absolute atomic E-state index is 9.69. The fourth-order valence-electron chi connectivity index (χ4n) is 2.56. The average Bonchev–Trinajstić information content (AvgIpc) is 2.41. The van der Waals surface area contributed by atoms with E-state index < -0.39 is 0 Å². The molecule has 1 unspecified atom stereocenters. The maximum Gasteiger partial charge on any atom is 0.0613 e. The molecule has 116 valence electrons. The minimum absolute atomic E-state index is 0.0622. The Morgan fingerprint density at radius 3 is 2.32 bits per heavy atom. The van der Waals surface area contributed by atoms with Gasteiger partial charge in [-0.3, -0.25) is 0 Å². The van der Waals surface area contributed by atoms with E-state index in [1.807, 2.05) is 0 Å². The summed E-state index contributed by atoms with van der Waals surface area (Å²) in [5, 5.41) is 13.2. The van der Waals surface area contributed by atoms with E-state index in [9.17, 15) is 5.11 Å². The molecule has 3 nitrogen and oxygen atoms in total. The Morgan fingerprint density at radius 1 is 1.21 bits per heavy atom. The van der Waals surface area contributed by atoms with Gasteiger partial charge in [0.2, 0.25) is 0 Å². The van der Waals surface area contributed by atoms with E-state index in [4.69, 9.17) is 0 Å². The van der Waals surface area contributed by atoms with Crippen molar-refractivity contribution >= 4 is 0 Å². The summed E-state index contributed by atoms with van der Waals surface area (Å²) >= 11 is 0. The molecule has 1 atom stereocenters. The van der Waals surface area contributed by atoms with Crippen molar-refractivity contribution in [2.24, 2.45) is 5.92 Å². The molecule has 0 aliphatic rings. The summed E-state index contributed by atoms with van der Waals surface area (Å²) in [5.74, 6) is 0.729. The molecule has 2 N–H and O–H groups in total. The van der Waals surface area contributed by atoms with Crippen LogP contribution >= 0.6 is 0 Å². The third-order valence-corrected chi connectivity index (χ3v) is 3.93. The summed E-state index contributed by atoms with van der Waals surface area (Å²) in [4.78, 5) is 2.52. The first-order chi connectivity index (χ1) is 9.03. The van der Waals surface area contributed by atoms with Crippen molar-refractivity contribution < 1.29 is 5.11 Å². The van der Waals surface area contributed by atoms with Gasteiger partial charge in [-0.05, 0) is 51.2 Å². The van der Waals surface area contributed by atoms with Crippen LogP contribution in [0.2, 0.25) is 0 Å². The van der Waals surface area contributed by atoms with E-state index in [0.29, 0.717) is 0 Å². The highest BCUT2D eigenvalue weighted by Gasteiger charge is 2.25. The zero-order valence-corrected chi connectivity index (χ0v) is 13.8. The lowest BCUT2D eigenvalue weighted by atomic mass is 9.91. The highest BCUT2D eigenvalue weighted by Crippen LogP contribution is 2.17. The zero-order valence-electron chi connectivity index (χ0n) is 13.8. The number of nitrogens with one attached hydrogen (secondary N) is 1. The van der Waals surface area contributed by atoms with Crippen LogP contribution in [0.1, 0.15) is 60.3 Å². The minimum atomic E-state index is -0.0622. The standard InChI is InChI=1S/C16H36N2O/c1-6-11-17-16(7-2,14-19)10-9-12-18(8-3)13-15(4)5/h15,17,19H,6-14H2,1-5H3. The molecule has 0 radical (unpaired) electrons. The second kappa shape index (κ2) is 10.6. The van der Waals surface area contributed by atoms with E-state index in [0.717, 1.165) is 51.2 Å². The molecule has 0 aromatic heterocycles. The summed E-state index contributed by atoms with van der Waals surface area (Å²) in [7, 11) is 0. The maximum atomic E-state index is 9.69. The fraction of sp³-hybridized carbons (Fsp3) is 1.00. The first kappa shape index (κ1) is 18.9. The van der Waals surface area contributed by atoms with E-state index in [-0.39, 0.29) is 12.1 Å². The van der Waals surface area contributed by atoms with Crippen molar-refractivity contribution in [3.63, 3.8) is 0 Å². The molecular formula is C16H36N2O. The molecule has 0 saturated carbocycles. The van der Waals surface area contributed by atoms with Gasteiger partial charge in [-0.2, -0.15) is 0 Å². The van der Waals surface area contributed by atoms with Crippen LogP contribution in [0.5, 0.6) is 0 Å². The molecule has 0 fully saturated rings. The van der Waals surface area contributed by atoms with Gasteiger partial charge in [0.05, 0.1) is 6.61 Å². The van der Waals surface area contributed by atoms with Gasteiger partial charge in [-0.15, -0.1) is 0 Å². The van der Waals surface area contributed by atoms with Gasteiger partial charge in [0.1, 0.15) is 0 Å². The van der Waals surface area contributed by atoms with Crippen LogP contribution in [-0.2, 0) is 0 Å². The number of rotatable bonds is 12. The van der Waals surface area contributed by atoms with Crippen molar-refractivity contribution in [1.82, 2.24) is 10.2 Å². The molecule has 0 heterocycles. The minimum Gasteiger partial charge on any atom is -0.394 e. The van der Waals surface area contributed by atoms with Gasteiger partial charge in [0.15, 0.2) is 0 Å². The average molecular weight is 272 g/mol. The number of aliphatic hydroxyl groups excluding tert-OH is 1. The van der Waals surface area contributed by atoms with Crippen molar-refractivity contribution in [3.05, 3.63) is 0 Å². The Balaban J connectivity index is 4.16. The Labute approximate surface area is 120 Å². The molecule has 0 aromatic carbocycles. The van der Waals surface area contributed by atoms with Crippen LogP contribution in [0, 0.1) is 5.92 Å². The van der Waals surface area contributed by atoms with Crippen molar-refractivity contribution in [1.29, 1.82) is 0 Å². The molecular weight excluding hydrogens is 236 g/mol. The third-order valence-electron chi connectivity index (χ3n) is 3.93. The van der Waals surface area contributed by atoms with Gasteiger partial charge in [-0.25, -0.2) is 0 Å². The lowest BCUT2D eigenvalue weighted by molar-refractivity contribution is 0.137. The highest BCUT2D eigenvalue weighted by molar-refractivity contribution is 4.86. The Hall–Kier alpha value is -0.120. The van der Waals surface area contributed by atoms with E-state index >= 15 is 0 Å². The second-order valence-corrected chi connectivity index (χ2v) is 6.11. The van der Waals surface area contributed by atoms with Crippen LogP contribution in [0.25, 0.3) is 0 Å². The van der Waals surface area contributed by atoms with Gasteiger partial charge in [0, 0.05) is 12.1 Å². The summed E-state index contributed by atoms with van der Waals surface area (Å²) in [6.07, 6.45) is 4.34. The fourth-order valence-corrected chi connectivity index (χ4v) is 2.56. The SMILES string of the molecule is CCCNC(CC)(CO)CCCN(CC)CC(C)C. The summed E-state index contributed by atoms with van der Waals surface area (Å²) in [6, 6.07) is 0. The van der Waals surface area contributed by atoms with Crippen molar-refractivity contribution in [3.8, 4) is 0 Å². The van der Waals surface area contributed by atoms with Crippen molar-refractivity contribution in [2.75, 3.05) is 32.8 Å². The third kappa shape index (κ3) is 7.91. The van der Waals surface area contributed by atoms with E-state index in [1.165, 1.54) is 6.54 Å². The second-order valence-electron chi connectivity index (χ2n) is 6.11. The molecule has 0 rings (SSSR count). The van der Waals surface area contributed by atoms with E-state index in [1.54, 1.807) is 0 Å². The van der Waals surface area contributed by atoms with Crippen LogP contribution in [0.4, 0.5) is 0 Å². The number of nitrogens with zero attached hydrogens (tertiary/aromatic N) is 1. The molecule has 0 aliphatic carbocycles. The molecule has 0 saturated heterocycles. The van der Waals surface area contributed by atoms with E-state index in [2.05, 4.69) is 44.8 Å². The van der Waals surface area contributed by atoms with Gasteiger partial charge < -0.3 is 15.3 Å². The van der Waals surface area contributed by atoms with Crippen LogP contribution in [0.3, 0.4) is 0 Å². The smallest absolute Gasteiger partial charge is 0.0613 e. The van der Waals surface area contributed by atoms with Gasteiger partial charge in [0.25, 0.3) is 0 Å². The summed E-state index contributed by atoms with van der Waals surface area (Å²) in [6.45, 7) is 15.8. The number of aliphatic hydroxyl groups is 1. The van der Waals surface area contributed by atoms with Crippen LogP contribution in [-0.4, -0.2) is 48.3 Å². The van der Waals surface area contributed by atoms with Crippen LogP contribution < -0.4 is 5.32 Å². The Bertz CT molecular complexity index is 203. The predicted molar refractivity (Wildman–Crippen MR) is 84.6 cm³/mol. The predicted octanol–water partition coefficient (Wildman–Crippen LogP) is 2.89. The lowest BCUT2D eigenvalue weighted by Crippen LogP contribution is -2.48. The molecule has 0 bridgehead atoms. The first-order valence-electron chi connectivity index (χ1n) is 8.11. The van der Waals surface area contributed by atoms with Crippen molar-refractivity contribution in [2.45, 2.75) is 65.8 Å². The normalized spacial score (nSPS) is 15.2. The van der Waals surface area contributed by atoms with Gasteiger partial charge >= 0.3 is 0 Å². The first-order valence-corrected chi connectivity index (χ1v) is 8.11. The van der Waals surface area contributed by atoms with Gasteiger partial charge in [-0.1, -0.05) is 34.6 Å². The monoisotopic (exact) mass is 272 g/mol. The van der Waals surface area contributed by atoms with Crippen LogP contribution in [0.15, 0.2) is 0 Å². The molecule has 0 aromatic rings. The quantitative estimate of drug-likeness (QED) is 0.573. The molecule has 0 aliphatic heterocycles. The summed E-state index contributed by atoms with van der Waals surface area (Å²) < 4.78 is 0. The number of hydrogen-bond acceptors (Lipinski definition) is 3. The zero-order chi connectivity index (χ0) is 14.7. The molecule has 0 spiro atoms. The lowest BCUT2D eigenvalue weighted by Gasteiger charge is -2.33. The molecule has 3 heteroatoms. The summed E-state index contributed by atoms with van der Waals surface area (Å²) in [5.41, 5.74) is -0.0622. The largest absolute Gasteiger partial charge is 0.394 e. The Kier molecular flexibility index (Phi) is 10.6. The Morgan fingerprint density at radius 2 is 1.89 bits per heavy atom. The number of hydrogen-bond donors (Lipinski definition) is 2. The molecule has 0 amide bonds. The topological polar surface area (TPSA) is 35.5 Å². The molecule has 19 heavy (non-hydrogen) atoms.